The summed E-state index contributed by atoms with van der Waals surface area (Å²) in [6, 6.07) is 3.72. The molecule has 4 heterocycles. The Balaban J connectivity index is 1.36. The van der Waals surface area contributed by atoms with Gasteiger partial charge in [-0.25, -0.2) is 9.97 Å². The molecule has 0 bridgehead atoms. The SMILES string of the molecule is Cc1nc(-c2ccc(CNC(=O)CCc3c(C)nc4nc(N)nn4c3C)o2)cs1. The molecule has 0 aliphatic rings. The maximum atomic E-state index is 12.3. The Bertz CT molecular complexity index is 1190. The summed E-state index contributed by atoms with van der Waals surface area (Å²) in [4.78, 5) is 25.2. The first-order chi connectivity index (χ1) is 13.9. The number of nitrogens with one attached hydrogen (secondary N) is 1. The molecule has 150 valence electrons. The van der Waals surface area contributed by atoms with E-state index in [1.165, 1.54) is 0 Å². The van der Waals surface area contributed by atoms with Gasteiger partial charge in [-0.05, 0) is 44.9 Å². The summed E-state index contributed by atoms with van der Waals surface area (Å²) in [5.74, 6) is 1.98. The number of fused-ring (bicyclic) bond motifs is 1. The fourth-order valence-electron chi connectivity index (χ4n) is 3.19. The molecule has 0 aliphatic heterocycles. The van der Waals surface area contributed by atoms with E-state index in [0.717, 1.165) is 27.7 Å². The first kappa shape index (κ1) is 19.1. The Morgan fingerprint density at radius 1 is 1.24 bits per heavy atom. The molecule has 0 spiro atoms. The van der Waals surface area contributed by atoms with Crippen molar-refractivity contribution in [2.75, 3.05) is 5.73 Å². The van der Waals surface area contributed by atoms with Gasteiger partial charge >= 0.3 is 0 Å². The summed E-state index contributed by atoms with van der Waals surface area (Å²) in [7, 11) is 0. The van der Waals surface area contributed by atoms with Crippen LogP contribution in [0.5, 0.6) is 0 Å². The van der Waals surface area contributed by atoms with Crippen molar-refractivity contribution in [3.05, 3.63) is 45.2 Å². The lowest BCUT2D eigenvalue weighted by Crippen LogP contribution is -2.23. The van der Waals surface area contributed by atoms with Gasteiger partial charge in [0.15, 0.2) is 5.76 Å². The van der Waals surface area contributed by atoms with Crippen LogP contribution in [0, 0.1) is 20.8 Å². The molecular formula is C19H21N7O2S. The van der Waals surface area contributed by atoms with E-state index in [1.807, 2.05) is 38.3 Å². The van der Waals surface area contributed by atoms with Crippen molar-refractivity contribution in [1.82, 2.24) is 29.9 Å². The number of hydrogen-bond donors (Lipinski definition) is 2. The fourth-order valence-corrected chi connectivity index (χ4v) is 3.79. The second kappa shape index (κ2) is 7.63. The van der Waals surface area contributed by atoms with Crippen LogP contribution in [-0.4, -0.2) is 30.5 Å². The van der Waals surface area contributed by atoms with Gasteiger partial charge in [-0.15, -0.1) is 16.4 Å². The number of nitrogens with two attached hydrogens (primary N) is 1. The van der Waals surface area contributed by atoms with Crippen molar-refractivity contribution in [2.45, 2.75) is 40.2 Å². The van der Waals surface area contributed by atoms with Crippen LogP contribution in [0.2, 0.25) is 0 Å². The van der Waals surface area contributed by atoms with E-state index < -0.39 is 0 Å². The number of carbonyl (C=O) groups is 1. The second-order valence-corrected chi connectivity index (χ2v) is 7.80. The van der Waals surface area contributed by atoms with E-state index in [9.17, 15) is 4.79 Å². The maximum absolute atomic E-state index is 12.3. The minimum absolute atomic E-state index is 0.0653. The lowest BCUT2D eigenvalue weighted by atomic mass is 10.1. The van der Waals surface area contributed by atoms with Crippen LogP contribution in [0.1, 0.15) is 34.1 Å². The third-order valence-electron chi connectivity index (χ3n) is 4.66. The van der Waals surface area contributed by atoms with Crippen LogP contribution in [0.3, 0.4) is 0 Å². The molecular weight excluding hydrogens is 390 g/mol. The van der Waals surface area contributed by atoms with Crippen LogP contribution in [0.25, 0.3) is 17.2 Å². The van der Waals surface area contributed by atoms with E-state index in [0.29, 0.717) is 36.7 Å². The molecule has 0 radical (unpaired) electrons. The molecule has 29 heavy (non-hydrogen) atoms. The number of nitrogen functional groups attached to an aromatic ring is 1. The first-order valence-electron chi connectivity index (χ1n) is 9.17. The summed E-state index contributed by atoms with van der Waals surface area (Å²) in [5.41, 5.74) is 9.15. The summed E-state index contributed by atoms with van der Waals surface area (Å²) in [5, 5.41) is 9.98. The molecule has 4 aromatic rings. The second-order valence-electron chi connectivity index (χ2n) is 6.74. The highest BCUT2D eigenvalue weighted by Crippen LogP contribution is 2.23. The van der Waals surface area contributed by atoms with Crippen molar-refractivity contribution in [2.24, 2.45) is 0 Å². The predicted molar refractivity (Wildman–Crippen MR) is 109 cm³/mol. The van der Waals surface area contributed by atoms with Crippen molar-refractivity contribution >= 4 is 29.0 Å². The summed E-state index contributed by atoms with van der Waals surface area (Å²) in [6.07, 6.45) is 0.881. The number of aryl methyl sites for hydroxylation is 3. The molecule has 0 saturated carbocycles. The molecule has 0 saturated heterocycles. The average Bonchev–Trinajstić information content (AvgIpc) is 3.39. The van der Waals surface area contributed by atoms with Crippen molar-refractivity contribution < 1.29 is 9.21 Å². The van der Waals surface area contributed by atoms with Crippen LogP contribution >= 0.6 is 11.3 Å². The highest BCUT2D eigenvalue weighted by atomic mass is 32.1. The molecule has 0 atom stereocenters. The molecule has 4 aromatic heterocycles. The van der Waals surface area contributed by atoms with Gasteiger partial charge in [0.2, 0.25) is 11.9 Å². The number of carbonyl (C=O) groups excluding carboxylic acids is 1. The van der Waals surface area contributed by atoms with Gasteiger partial charge in [0.25, 0.3) is 5.78 Å². The van der Waals surface area contributed by atoms with Crippen molar-refractivity contribution in [1.29, 1.82) is 0 Å². The molecule has 9 nitrogen and oxygen atoms in total. The van der Waals surface area contributed by atoms with Crippen molar-refractivity contribution in [3.63, 3.8) is 0 Å². The van der Waals surface area contributed by atoms with E-state index in [-0.39, 0.29) is 11.9 Å². The number of amides is 1. The first-order valence-corrected chi connectivity index (χ1v) is 10.0. The van der Waals surface area contributed by atoms with E-state index in [1.54, 1.807) is 15.9 Å². The lowest BCUT2D eigenvalue weighted by molar-refractivity contribution is -0.121. The van der Waals surface area contributed by atoms with Gasteiger partial charge in [0.1, 0.15) is 11.5 Å². The summed E-state index contributed by atoms with van der Waals surface area (Å²) in [6.45, 7) is 6.10. The zero-order valence-corrected chi connectivity index (χ0v) is 17.2. The topological polar surface area (TPSA) is 124 Å². The van der Waals surface area contributed by atoms with Crippen LogP contribution < -0.4 is 11.1 Å². The van der Waals surface area contributed by atoms with Gasteiger partial charge in [0, 0.05) is 23.2 Å². The third-order valence-corrected chi connectivity index (χ3v) is 5.43. The van der Waals surface area contributed by atoms with Gasteiger partial charge in [0.05, 0.1) is 11.6 Å². The van der Waals surface area contributed by atoms with Gasteiger partial charge < -0.3 is 15.5 Å². The number of hydrogen-bond acceptors (Lipinski definition) is 8. The molecule has 0 aromatic carbocycles. The number of nitrogens with zero attached hydrogens (tertiary/aromatic N) is 5. The Labute approximate surface area is 171 Å². The van der Waals surface area contributed by atoms with Gasteiger partial charge in [-0.3, -0.25) is 4.79 Å². The number of thiazole rings is 1. The van der Waals surface area contributed by atoms with Crippen LogP contribution in [0.15, 0.2) is 21.9 Å². The number of rotatable bonds is 6. The van der Waals surface area contributed by atoms with Crippen LogP contribution in [0.4, 0.5) is 5.95 Å². The monoisotopic (exact) mass is 411 g/mol. The zero-order valence-electron chi connectivity index (χ0n) is 16.4. The van der Waals surface area contributed by atoms with E-state index >= 15 is 0 Å². The highest BCUT2D eigenvalue weighted by molar-refractivity contribution is 7.09. The smallest absolute Gasteiger partial charge is 0.254 e. The molecule has 3 N–H and O–H groups in total. The number of furan rings is 1. The Morgan fingerprint density at radius 2 is 2.07 bits per heavy atom. The van der Waals surface area contributed by atoms with Crippen LogP contribution in [-0.2, 0) is 17.8 Å². The largest absolute Gasteiger partial charge is 0.458 e. The molecule has 4 rings (SSSR count). The predicted octanol–water partition coefficient (Wildman–Crippen LogP) is 2.60. The molecule has 10 heteroatoms. The maximum Gasteiger partial charge on any atom is 0.254 e. The number of aromatic nitrogens is 5. The Kier molecular flexibility index (Phi) is 5.01. The minimum Gasteiger partial charge on any atom is -0.458 e. The minimum atomic E-state index is -0.0653. The zero-order chi connectivity index (χ0) is 20.5. The molecule has 1 amide bonds. The van der Waals surface area contributed by atoms with Gasteiger partial charge in [-0.2, -0.15) is 9.50 Å². The average molecular weight is 411 g/mol. The Hall–Kier alpha value is -3.27. The fraction of sp³-hybridized carbons (Fsp3) is 0.316. The summed E-state index contributed by atoms with van der Waals surface area (Å²) >= 11 is 1.57. The van der Waals surface area contributed by atoms with E-state index in [2.05, 4.69) is 25.4 Å². The lowest BCUT2D eigenvalue weighted by Gasteiger charge is -2.10. The normalized spacial score (nSPS) is 11.3. The number of anilines is 1. The third kappa shape index (κ3) is 3.97. The molecule has 0 fully saturated rings. The van der Waals surface area contributed by atoms with E-state index in [4.69, 9.17) is 10.2 Å². The van der Waals surface area contributed by atoms with Crippen molar-refractivity contribution in [3.8, 4) is 11.5 Å². The molecule has 0 unspecified atom stereocenters. The highest BCUT2D eigenvalue weighted by Gasteiger charge is 2.14. The molecule has 0 aliphatic carbocycles. The van der Waals surface area contributed by atoms with Gasteiger partial charge in [-0.1, -0.05) is 0 Å². The standard InChI is InChI=1S/C19H21N7O2S/c1-10-14(11(2)26-19(22-10)24-18(20)25-26)5-7-17(27)21-8-13-4-6-16(28-13)15-9-29-12(3)23-15/h4,6,9H,5,7-8H2,1-3H3,(H2,20,25)(H,21,27). The quantitative estimate of drug-likeness (QED) is 0.500. The summed E-state index contributed by atoms with van der Waals surface area (Å²) < 4.78 is 7.39. The Morgan fingerprint density at radius 3 is 2.83 bits per heavy atom.